The molecule has 1 amide bonds. The fourth-order valence-electron chi connectivity index (χ4n) is 3.25. The van der Waals surface area contributed by atoms with Crippen LogP contribution in [0.15, 0.2) is 48.8 Å². The Bertz CT molecular complexity index is 672. The van der Waals surface area contributed by atoms with Crippen LogP contribution in [0.25, 0.3) is 0 Å². The molecule has 2 atom stereocenters. The van der Waals surface area contributed by atoms with Gasteiger partial charge in [-0.1, -0.05) is 25.1 Å². The summed E-state index contributed by atoms with van der Waals surface area (Å²) in [5, 5.41) is 10.3. The van der Waals surface area contributed by atoms with Gasteiger partial charge in [-0.15, -0.1) is 0 Å². The van der Waals surface area contributed by atoms with Gasteiger partial charge in [0.15, 0.2) is 0 Å². The summed E-state index contributed by atoms with van der Waals surface area (Å²) in [5.74, 6) is 0.105. The molecule has 0 bridgehead atoms. The lowest BCUT2D eigenvalue weighted by atomic mass is 9.97. The number of pyridine rings is 1. The quantitative estimate of drug-likeness (QED) is 0.943. The monoisotopic (exact) mass is 310 g/mol. The van der Waals surface area contributed by atoms with Crippen LogP contribution in [0, 0.1) is 5.92 Å². The van der Waals surface area contributed by atoms with E-state index in [-0.39, 0.29) is 11.8 Å². The van der Waals surface area contributed by atoms with Crippen LogP contribution < -0.4 is 0 Å². The number of aliphatic hydroxyl groups is 1. The maximum Gasteiger partial charge on any atom is 0.254 e. The van der Waals surface area contributed by atoms with Crippen LogP contribution in [0.2, 0.25) is 0 Å². The molecule has 0 aliphatic carbocycles. The summed E-state index contributed by atoms with van der Waals surface area (Å²) < 4.78 is 0. The molecule has 0 unspecified atom stereocenters. The number of aromatic nitrogens is 1. The Labute approximate surface area is 136 Å². The number of amides is 1. The number of aliphatic hydroxyl groups excluding tert-OH is 1. The Morgan fingerprint density at radius 2 is 1.96 bits per heavy atom. The van der Waals surface area contributed by atoms with Crippen LogP contribution in [0.1, 0.15) is 28.4 Å². The number of benzene rings is 1. The second kappa shape index (κ2) is 6.92. The first-order chi connectivity index (χ1) is 11.2. The first-order valence-corrected chi connectivity index (χ1v) is 8.13. The van der Waals surface area contributed by atoms with Gasteiger partial charge in [-0.25, -0.2) is 0 Å². The smallest absolute Gasteiger partial charge is 0.254 e. The number of likely N-dealkylation sites (tertiary alicyclic amines) is 1. The maximum atomic E-state index is 12.8. The fourth-order valence-corrected chi connectivity index (χ4v) is 3.25. The summed E-state index contributed by atoms with van der Waals surface area (Å²) in [5.41, 5.74) is 2.96. The minimum atomic E-state index is -0.471. The normalized spacial score (nSPS) is 20.7. The van der Waals surface area contributed by atoms with Gasteiger partial charge < -0.3 is 10.0 Å². The lowest BCUT2D eigenvalue weighted by Crippen LogP contribution is -2.30. The molecule has 0 saturated carbocycles. The summed E-state index contributed by atoms with van der Waals surface area (Å²) in [4.78, 5) is 18.6. The van der Waals surface area contributed by atoms with Crippen LogP contribution >= 0.6 is 0 Å². The van der Waals surface area contributed by atoms with Crippen molar-refractivity contribution in [2.45, 2.75) is 25.9 Å². The fraction of sp³-hybridized carbons (Fsp3) is 0.368. The molecule has 1 aromatic heterocycles. The third-order valence-corrected chi connectivity index (χ3v) is 4.57. The summed E-state index contributed by atoms with van der Waals surface area (Å²) >= 11 is 0. The van der Waals surface area contributed by atoms with E-state index in [0.29, 0.717) is 13.1 Å². The highest BCUT2D eigenvalue weighted by Crippen LogP contribution is 2.24. The number of hydrogen-bond acceptors (Lipinski definition) is 3. The van der Waals surface area contributed by atoms with Gasteiger partial charge in [0.2, 0.25) is 0 Å². The molecule has 23 heavy (non-hydrogen) atoms. The molecule has 1 fully saturated rings. The van der Waals surface area contributed by atoms with Gasteiger partial charge >= 0.3 is 0 Å². The predicted octanol–water partition coefficient (Wildman–Crippen LogP) is 2.32. The molecule has 1 aliphatic heterocycles. The molecule has 0 radical (unpaired) electrons. The van der Waals surface area contributed by atoms with Gasteiger partial charge in [-0.3, -0.25) is 9.78 Å². The molecule has 2 aromatic rings. The summed E-state index contributed by atoms with van der Waals surface area (Å²) in [6.45, 7) is 3.06. The number of carbonyl (C=O) groups is 1. The molecular weight excluding hydrogens is 288 g/mol. The molecule has 1 aromatic carbocycles. The van der Waals surface area contributed by atoms with Crippen molar-refractivity contribution in [3.8, 4) is 0 Å². The minimum absolute atomic E-state index is 0.0266. The largest absolute Gasteiger partial charge is 0.391 e. The minimum Gasteiger partial charge on any atom is -0.391 e. The van der Waals surface area contributed by atoms with Gasteiger partial charge in [0, 0.05) is 37.0 Å². The average molecular weight is 310 g/mol. The van der Waals surface area contributed by atoms with Crippen molar-refractivity contribution in [2.75, 3.05) is 13.1 Å². The van der Waals surface area contributed by atoms with Gasteiger partial charge in [0.1, 0.15) is 0 Å². The van der Waals surface area contributed by atoms with Crippen molar-refractivity contribution in [3.63, 3.8) is 0 Å². The third kappa shape index (κ3) is 3.42. The third-order valence-electron chi connectivity index (χ3n) is 4.57. The molecule has 1 saturated heterocycles. The van der Waals surface area contributed by atoms with Crippen molar-refractivity contribution in [1.29, 1.82) is 0 Å². The Balaban J connectivity index is 1.72. The number of nitrogens with zero attached hydrogens (tertiary/aromatic N) is 2. The van der Waals surface area contributed by atoms with Crippen molar-refractivity contribution < 1.29 is 9.90 Å². The van der Waals surface area contributed by atoms with Gasteiger partial charge in [-0.05, 0) is 42.2 Å². The molecule has 0 spiro atoms. The second-order valence-electron chi connectivity index (χ2n) is 6.11. The van der Waals surface area contributed by atoms with E-state index in [2.05, 4.69) is 11.9 Å². The zero-order chi connectivity index (χ0) is 16.2. The van der Waals surface area contributed by atoms with Gasteiger partial charge in [-0.2, -0.15) is 0 Å². The van der Waals surface area contributed by atoms with E-state index < -0.39 is 6.10 Å². The van der Waals surface area contributed by atoms with Crippen LogP contribution in [-0.4, -0.2) is 40.1 Å². The second-order valence-corrected chi connectivity index (χ2v) is 6.11. The van der Waals surface area contributed by atoms with E-state index in [0.717, 1.165) is 29.5 Å². The van der Waals surface area contributed by atoms with E-state index in [9.17, 15) is 9.90 Å². The van der Waals surface area contributed by atoms with Crippen LogP contribution in [0.4, 0.5) is 0 Å². The highest BCUT2D eigenvalue weighted by Gasteiger charge is 2.34. The molecule has 1 N–H and O–H groups in total. The van der Waals surface area contributed by atoms with Crippen LogP contribution in [-0.2, 0) is 12.8 Å². The highest BCUT2D eigenvalue weighted by molar-refractivity contribution is 5.96. The number of hydrogen-bond donors (Lipinski definition) is 1. The van der Waals surface area contributed by atoms with Crippen molar-refractivity contribution >= 4 is 5.91 Å². The summed E-state index contributed by atoms with van der Waals surface area (Å²) in [6.07, 6.45) is 4.65. The summed E-state index contributed by atoms with van der Waals surface area (Å²) in [7, 11) is 0. The number of β-amino-alcohol motifs (C(OH)–C–C–N with tert-alkyl or cyclic N) is 1. The van der Waals surface area contributed by atoms with Crippen LogP contribution in [0.5, 0.6) is 0 Å². The Kier molecular flexibility index (Phi) is 4.72. The Hall–Kier alpha value is -2.20. The molecular formula is C19H22N2O2. The zero-order valence-electron chi connectivity index (χ0n) is 13.4. The van der Waals surface area contributed by atoms with Crippen molar-refractivity contribution in [1.82, 2.24) is 9.88 Å². The Morgan fingerprint density at radius 1 is 1.22 bits per heavy atom. The first kappa shape index (κ1) is 15.7. The molecule has 4 nitrogen and oxygen atoms in total. The number of aryl methyl sites for hydroxylation is 1. The summed E-state index contributed by atoms with van der Waals surface area (Å²) in [6, 6.07) is 11.7. The van der Waals surface area contributed by atoms with Crippen LogP contribution in [0.3, 0.4) is 0 Å². The maximum absolute atomic E-state index is 12.8. The molecule has 2 heterocycles. The molecule has 1 aliphatic rings. The molecule has 4 heteroatoms. The van der Waals surface area contributed by atoms with Crippen molar-refractivity contribution in [2.24, 2.45) is 5.92 Å². The predicted molar refractivity (Wildman–Crippen MR) is 89.2 cm³/mol. The number of rotatable bonds is 4. The van der Waals surface area contributed by atoms with E-state index in [4.69, 9.17) is 0 Å². The van der Waals surface area contributed by atoms with Gasteiger partial charge in [0.05, 0.1) is 6.10 Å². The lowest BCUT2D eigenvalue weighted by Gasteiger charge is -2.18. The standard InChI is InChI=1S/C19H22N2O2/c1-2-15-5-3-4-6-17(15)19(23)21-12-16(18(22)13-21)11-14-7-9-20-10-8-14/h3-10,16,18,22H,2,11-13H2,1H3/t16-,18+/m1/s1. The zero-order valence-corrected chi connectivity index (χ0v) is 13.4. The van der Waals surface area contributed by atoms with E-state index in [1.54, 1.807) is 17.3 Å². The number of carbonyl (C=O) groups excluding carboxylic acids is 1. The Morgan fingerprint density at radius 3 is 2.70 bits per heavy atom. The van der Waals surface area contributed by atoms with E-state index in [1.807, 2.05) is 36.4 Å². The highest BCUT2D eigenvalue weighted by atomic mass is 16.3. The average Bonchev–Trinajstić information content (AvgIpc) is 2.96. The topological polar surface area (TPSA) is 53.4 Å². The lowest BCUT2D eigenvalue weighted by molar-refractivity contribution is 0.0763. The van der Waals surface area contributed by atoms with E-state index >= 15 is 0 Å². The van der Waals surface area contributed by atoms with E-state index in [1.165, 1.54) is 0 Å². The van der Waals surface area contributed by atoms with Crippen molar-refractivity contribution in [3.05, 3.63) is 65.5 Å². The molecule has 120 valence electrons. The van der Waals surface area contributed by atoms with Gasteiger partial charge in [0.25, 0.3) is 5.91 Å². The molecule has 3 rings (SSSR count). The SMILES string of the molecule is CCc1ccccc1C(=O)N1C[C@@H](Cc2ccncc2)[C@@H](O)C1. The first-order valence-electron chi connectivity index (χ1n) is 8.13.